The molecule has 4 heteroatoms. The highest BCUT2D eigenvalue weighted by Crippen LogP contribution is 2.31. The van der Waals surface area contributed by atoms with Crippen LogP contribution in [0, 0.1) is 5.82 Å². The molecule has 2 atom stereocenters. The number of nitrogens with zero attached hydrogens (tertiary/aromatic N) is 1. The maximum Gasteiger partial charge on any atom is 0.131 e. The lowest BCUT2D eigenvalue weighted by molar-refractivity contribution is 0.179. The SMILES string of the molecule is CCN(CC1CCCCN1)C(C)c1c(F)cccc1OC. The summed E-state index contributed by atoms with van der Waals surface area (Å²) in [5, 5.41) is 3.57. The normalized spacial score (nSPS) is 20.5. The highest BCUT2D eigenvalue weighted by molar-refractivity contribution is 5.37. The van der Waals surface area contributed by atoms with E-state index in [1.54, 1.807) is 13.2 Å². The van der Waals surface area contributed by atoms with Crippen LogP contribution in [0.25, 0.3) is 0 Å². The minimum Gasteiger partial charge on any atom is -0.496 e. The van der Waals surface area contributed by atoms with Crippen LogP contribution in [0.4, 0.5) is 4.39 Å². The monoisotopic (exact) mass is 294 g/mol. The van der Waals surface area contributed by atoms with Crippen molar-refractivity contribution in [2.45, 2.75) is 45.2 Å². The fourth-order valence-electron chi connectivity index (χ4n) is 3.21. The molecule has 1 N–H and O–H groups in total. The lowest BCUT2D eigenvalue weighted by Gasteiger charge is -2.34. The van der Waals surface area contributed by atoms with Crippen LogP contribution in [0.3, 0.4) is 0 Å². The van der Waals surface area contributed by atoms with Crippen LogP contribution in [-0.4, -0.2) is 37.7 Å². The number of likely N-dealkylation sites (N-methyl/N-ethyl adjacent to an activating group) is 1. The molecule has 1 heterocycles. The van der Waals surface area contributed by atoms with Crippen molar-refractivity contribution in [1.29, 1.82) is 0 Å². The molecule has 2 rings (SSSR count). The molecular formula is C17H27FN2O. The zero-order chi connectivity index (χ0) is 15.2. The first-order chi connectivity index (χ1) is 10.2. The topological polar surface area (TPSA) is 24.5 Å². The molecular weight excluding hydrogens is 267 g/mol. The number of methoxy groups -OCH3 is 1. The van der Waals surface area contributed by atoms with Crippen LogP contribution in [0.2, 0.25) is 0 Å². The van der Waals surface area contributed by atoms with Gasteiger partial charge in [-0.1, -0.05) is 19.4 Å². The molecule has 0 bridgehead atoms. The average molecular weight is 294 g/mol. The number of piperidine rings is 1. The third-order valence-corrected chi connectivity index (χ3v) is 4.47. The van der Waals surface area contributed by atoms with Gasteiger partial charge in [-0.25, -0.2) is 4.39 Å². The molecule has 1 fully saturated rings. The van der Waals surface area contributed by atoms with Crippen molar-refractivity contribution in [2.75, 3.05) is 26.7 Å². The van der Waals surface area contributed by atoms with Gasteiger partial charge in [0.05, 0.1) is 7.11 Å². The molecule has 118 valence electrons. The van der Waals surface area contributed by atoms with Gasteiger partial charge in [0, 0.05) is 24.2 Å². The molecule has 1 aromatic rings. The molecule has 3 nitrogen and oxygen atoms in total. The van der Waals surface area contributed by atoms with E-state index in [0.717, 1.165) is 19.6 Å². The van der Waals surface area contributed by atoms with Gasteiger partial charge in [-0.2, -0.15) is 0 Å². The third kappa shape index (κ3) is 3.95. The second-order valence-electron chi connectivity index (χ2n) is 5.77. The number of hydrogen-bond acceptors (Lipinski definition) is 3. The van der Waals surface area contributed by atoms with Gasteiger partial charge in [0.15, 0.2) is 0 Å². The van der Waals surface area contributed by atoms with E-state index in [9.17, 15) is 4.39 Å². The summed E-state index contributed by atoms with van der Waals surface area (Å²) in [6.07, 6.45) is 3.75. The van der Waals surface area contributed by atoms with Crippen molar-refractivity contribution < 1.29 is 9.13 Å². The van der Waals surface area contributed by atoms with E-state index in [1.165, 1.54) is 25.3 Å². The number of nitrogens with one attached hydrogen (secondary N) is 1. The number of rotatable bonds is 6. The first kappa shape index (κ1) is 16.2. The van der Waals surface area contributed by atoms with Crippen molar-refractivity contribution in [1.82, 2.24) is 10.2 Å². The summed E-state index contributed by atoms with van der Waals surface area (Å²) in [6.45, 7) is 7.14. The Morgan fingerprint density at radius 3 is 2.86 bits per heavy atom. The Hall–Kier alpha value is -1.13. The maximum atomic E-state index is 14.2. The zero-order valence-corrected chi connectivity index (χ0v) is 13.4. The highest BCUT2D eigenvalue weighted by atomic mass is 19.1. The molecule has 1 saturated heterocycles. The summed E-state index contributed by atoms with van der Waals surface area (Å²) in [5.41, 5.74) is 0.664. The number of benzene rings is 1. The van der Waals surface area contributed by atoms with Gasteiger partial charge in [-0.05, 0) is 45.0 Å². The Kier molecular flexibility index (Phi) is 6.00. The molecule has 0 aromatic heterocycles. The predicted molar refractivity (Wildman–Crippen MR) is 84.3 cm³/mol. The van der Waals surface area contributed by atoms with Crippen molar-refractivity contribution in [2.24, 2.45) is 0 Å². The van der Waals surface area contributed by atoms with E-state index in [-0.39, 0.29) is 11.9 Å². The van der Waals surface area contributed by atoms with E-state index in [0.29, 0.717) is 17.4 Å². The van der Waals surface area contributed by atoms with Crippen LogP contribution in [0.1, 0.15) is 44.7 Å². The predicted octanol–water partition coefficient (Wildman–Crippen LogP) is 3.36. The zero-order valence-electron chi connectivity index (χ0n) is 13.4. The summed E-state index contributed by atoms with van der Waals surface area (Å²) in [5.74, 6) is 0.453. The molecule has 0 spiro atoms. The first-order valence-electron chi connectivity index (χ1n) is 7.97. The van der Waals surface area contributed by atoms with Gasteiger partial charge >= 0.3 is 0 Å². The highest BCUT2D eigenvalue weighted by Gasteiger charge is 2.24. The van der Waals surface area contributed by atoms with Gasteiger partial charge in [0.1, 0.15) is 11.6 Å². The Labute approximate surface area is 127 Å². The molecule has 1 aliphatic rings. The summed E-state index contributed by atoms with van der Waals surface area (Å²) >= 11 is 0. The van der Waals surface area contributed by atoms with E-state index < -0.39 is 0 Å². The van der Waals surface area contributed by atoms with Gasteiger partial charge in [-0.3, -0.25) is 4.90 Å². The lowest BCUT2D eigenvalue weighted by atomic mass is 10.0. The summed E-state index contributed by atoms with van der Waals surface area (Å²) in [6, 6.07) is 5.57. The molecule has 0 aliphatic carbocycles. The summed E-state index contributed by atoms with van der Waals surface area (Å²) < 4.78 is 19.6. The lowest BCUT2D eigenvalue weighted by Crippen LogP contribution is -2.44. The van der Waals surface area contributed by atoms with Crippen molar-refractivity contribution in [3.05, 3.63) is 29.6 Å². The third-order valence-electron chi connectivity index (χ3n) is 4.47. The summed E-state index contributed by atoms with van der Waals surface area (Å²) in [4.78, 5) is 2.32. The van der Waals surface area contributed by atoms with Gasteiger partial charge < -0.3 is 10.1 Å². The smallest absolute Gasteiger partial charge is 0.131 e. The van der Waals surface area contributed by atoms with E-state index >= 15 is 0 Å². The minimum absolute atomic E-state index is 0.00914. The second-order valence-corrected chi connectivity index (χ2v) is 5.77. The Morgan fingerprint density at radius 1 is 1.43 bits per heavy atom. The number of halogens is 1. The van der Waals surface area contributed by atoms with Gasteiger partial charge in [0.25, 0.3) is 0 Å². The molecule has 0 amide bonds. The van der Waals surface area contributed by atoms with Crippen LogP contribution in [-0.2, 0) is 0 Å². The number of hydrogen-bond donors (Lipinski definition) is 1. The molecule has 1 aromatic carbocycles. The molecule has 1 aliphatic heterocycles. The van der Waals surface area contributed by atoms with Gasteiger partial charge in [0.2, 0.25) is 0 Å². The average Bonchev–Trinajstić information content (AvgIpc) is 2.52. The molecule has 2 unspecified atom stereocenters. The number of ether oxygens (including phenoxy) is 1. The quantitative estimate of drug-likeness (QED) is 0.870. The minimum atomic E-state index is -0.183. The fraction of sp³-hybridized carbons (Fsp3) is 0.647. The van der Waals surface area contributed by atoms with Crippen LogP contribution >= 0.6 is 0 Å². The molecule has 21 heavy (non-hydrogen) atoms. The first-order valence-corrected chi connectivity index (χ1v) is 7.97. The van der Waals surface area contributed by atoms with Crippen LogP contribution in [0.15, 0.2) is 18.2 Å². The molecule has 0 saturated carbocycles. The van der Waals surface area contributed by atoms with Gasteiger partial charge in [-0.15, -0.1) is 0 Å². The second kappa shape index (κ2) is 7.76. The fourth-order valence-corrected chi connectivity index (χ4v) is 3.21. The van der Waals surface area contributed by atoms with E-state index in [4.69, 9.17) is 4.74 Å². The Bertz CT molecular complexity index is 446. The van der Waals surface area contributed by atoms with E-state index in [1.807, 2.05) is 6.07 Å². The summed E-state index contributed by atoms with van der Waals surface area (Å²) in [7, 11) is 1.60. The van der Waals surface area contributed by atoms with E-state index in [2.05, 4.69) is 24.1 Å². The van der Waals surface area contributed by atoms with Crippen molar-refractivity contribution in [3.63, 3.8) is 0 Å². The standard InChI is InChI=1S/C17H27FN2O/c1-4-20(12-14-8-5-6-11-19-14)13(2)17-15(18)9-7-10-16(17)21-3/h7,9-10,13-14,19H,4-6,8,11-12H2,1-3H3. The van der Waals surface area contributed by atoms with Crippen molar-refractivity contribution >= 4 is 0 Å². The van der Waals surface area contributed by atoms with Crippen LogP contribution < -0.4 is 10.1 Å². The largest absolute Gasteiger partial charge is 0.496 e. The maximum absolute atomic E-state index is 14.2. The van der Waals surface area contributed by atoms with Crippen molar-refractivity contribution in [3.8, 4) is 5.75 Å². The Balaban J connectivity index is 2.13. The Morgan fingerprint density at radius 2 is 2.24 bits per heavy atom. The van der Waals surface area contributed by atoms with Crippen LogP contribution in [0.5, 0.6) is 5.75 Å². The molecule has 0 radical (unpaired) electrons.